The highest BCUT2D eigenvalue weighted by Crippen LogP contribution is 2.35. The first kappa shape index (κ1) is 17.9. The predicted molar refractivity (Wildman–Crippen MR) is 98.5 cm³/mol. The molecule has 0 spiro atoms. The first-order chi connectivity index (χ1) is 12.1. The Kier molecular flexibility index (Phi) is 5.73. The van der Waals surface area contributed by atoms with E-state index in [4.69, 9.17) is 26.2 Å². The van der Waals surface area contributed by atoms with E-state index < -0.39 is 12.0 Å². The number of thioether (sulfide) groups is 1. The Hall–Kier alpha value is -1.89. The second-order valence-electron chi connectivity index (χ2n) is 5.59. The molecule has 132 valence electrons. The van der Waals surface area contributed by atoms with E-state index in [1.165, 1.54) is 0 Å². The van der Waals surface area contributed by atoms with E-state index in [2.05, 4.69) is 5.32 Å². The van der Waals surface area contributed by atoms with Crippen molar-refractivity contribution in [1.29, 1.82) is 0 Å². The number of halogens is 1. The standard InChI is InChI=1S/C18H18ClNO4S/c1-23-16-6-5-11(17-20-15(10-25-17)18(21)22)7-12(16)9-24-14-4-2-3-13(19)8-14/h2-8,15,17,20H,9-10H2,1H3,(H,21,22)/t15-,17-/m1/s1. The lowest BCUT2D eigenvalue weighted by Crippen LogP contribution is -2.33. The maximum atomic E-state index is 11.1. The van der Waals surface area contributed by atoms with Crippen molar-refractivity contribution in [3.05, 3.63) is 58.6 Å². The quantitative estimate of drug-likeness (QED) is 0.797. The Morgan fingerprint density at radius 3 is 2.88 bits per heavy atom. The Morgan fingerprint density at radius 2 is 2.20 bits per heavy atom. The van der Waals surface area contributed by atoms with Crippen LogP contribution in [0, 0.1) is 0 Å². The van der Waals surface area contributed by atoms with E-state index >= 15 is 0 Å². The molecule has 0 radical (unpaired) electrons. The Labute approximate surface area is 155 Å². The first-order valence-corrected chi connectivity index (χ1v) is 9.15. The van der Waals surface area contributed by atoms with Crippen LogP contribution in [0.3, 0.4) is 0 Å². The lowest BCUT2D eigenvalue weighted by molar-refractivity contribution is -0.138. The molecule has 1 heterocycles. The van der Waals surface area contributed by atoms with E-state index in [1.54, 1.807) is 31.0 Å². The van der Waals surface area contributed by atoms with Gasteiger partial charge < -0.3 is 14.6 Å². The second kappa shape index (κ2) is 7.99. The molecule has 2 atom stereocenters. The van der Waals surface area contributed by atoms with Crippen molar-refractivity contribution in [3.63, 3.8) is 0 Å². The van der Waals surface area contributed by atoms with Gasteiger partial charge in [-0.1, -0.05) is 23.7 Å². The van der Waals surface area contributed by atoms with Gasteiger partial charge in [0.25, 0.3) is 0 Å². The number of benzene rings is 2. The molecule has 2 aromatic carbocycles. The van der Waals surface area contributed by atoms with Crippen molar-refractivity contribution in [2.45, 2.75) is 18.0 Å². The number of rotatable bonds is 6. The van der Waals surface area contributed by atoms with E-state index in [0.29, 0.717) is 23.1 Å². The number of carboxylic acid groups (broad SMARTS) is 1. The van der Waals surface area contributed by atoms with Gasteiger partial charge in [0.2, 0.25) is 0 Å². The molecule has 0 amide bonds. The molecule has 0 unspecified atom stereocenters. The van der Waals surface area contributed by atoms with Crippen LogP contribution in [0.2, 0.25) is 5.02 Å². The number of carbonyl (C=O) groups is 1. The van der Waals surface area contributed by atoms with Gasteiger partial charge in [-0.3, -0.25) is 10.1 Å². The molecule has 0 aromatic heterocycles. The summed E-state index contributed by atoms with van der Waals surface area (Å²) in [6, 6.07) is 12.5. The molecule has 7 heteroatoms. The van der Waals surface area contributed by atoms with Crippen molar-refractivity contribution in [2.24, 2.45) is 0 Å². The number of hydrogen-bond donors (Lipinski definition) is 2. The number of methoxy groups -OCH3 is 1. The number of nitrogens with one attached hydrogen (secondary N) is 1. The van der Waals surface area contributed by atoms with Gasteiger partial charge in [0.1, 0.15) is 24.1 Å². The summed E-state index contributed by atoms with van der Waals surface area (Å²) in [6.45, 7) is 0.330. The molecular formula is C18H18ClNO4S. The van der Waals surface area contributed by atoms with Crippen molar-refractivity contribution in [2.75, 3.05) is 12.9 Å². The molecular weight excluding hydrogens is 362 g/mol. The van der Waals surface area contributed by atoms with Gasteiger partial charge in [-0.15, -0.1) is 11.8 Å². The predicted octanol–water partition coefficient (Wildman–Crippen LogP) is 3.72. The van der Waals surface area contributed by atoms with Gasteiger partial charge >= 0.3 is 5.97 Å². The molecule has 2 N–H and O–H groups in total. The zero-order valence-electron chi connectivity index (χ0n) is 13.6. The summed E-state index contributed by atoms with van der Waals surface area (Å²) in [5.41, 5.74) is 1.89. The Bertz CT molecular complexity index is 770. The average Bonchev–Trinajstić information content (AvgIpc) is 3.10. The van der Waals surface area contributed by atoms with Gasteiger partial charge in [0.05, 0.1) is 12.5 Å². The first-order valence-electron chi connectivity index (χ1n) is 7.72. The second-order valence-corrected chi connectivity index (χ2v) is 7.16. The van der Waals surface area contributed by atoms with Gasteiger partial charge in [0.15, 0.2) is 0 Å². The zero-order valence-corrected chi connectivity index (χ0v) is 15.1. The normalized spacial score (nSPS) is 19.6. The van der Waals surface area contributed by atoms with E-state index in [0.717, 1.165) is 16.9 Å². The molecule has 0 aliphatic carbocycles. The summed E-state index contributed by atoms with van der Waals surface area (Å²) in [4.78, 5) is 11.1. The molecule has 1 saturated heterocycles. The van der Waals surface area contributed by atoms with Gasteiger partial charge in [-0.05, 0) is 35.9 Å². The highest BCUT2D eigenvalue weighted by atomic mass is 35.5. The van der Waals surface area contributed by atoms with E-state index in [1.807, 2.05) is 30.3 Å². The van der Waals surface area contributed by atoms with Crippen LogP contribution < -0.4 is 14.8 Å². The van der Waals surface area contributed by atoms with Crippen molar-refractivity contribution < 1.29 is 19.4 Å². The van der Waals surface area contributed by atoms with E-state index in [9.17, 15) is 4.79 Å². The third-order valence-electron chi connectivity index (χ3n) is 3.88. The monoisotopic (exact) mass is 379 g/mol. The fourth-order valence-electron chi connectivity index (χ4n) is 2.60. The minimum absolute atomic E-state index is 0.0584. The fraction of sp³-hybridized carbons (Fsp3) is 0.278. The highest BCUT2D eigenvalue weighted by Gasteiger charge is 2.30. The van der Waals surface area contributed by atoms with Gasteiger partial charge in [-0.25, -0.2) is 0 Å². The fourth-order valence-corrected chi connectivity index (χ4v) is 4.00. The summed E-state index contributed by atoms with van der Waals surface area (Å²) < 4.78 is 11.2. The molecule has 5 nitrogen and oxygen atoms in total. The number of ether oxygens (including phenoxy) is 2. The third kappa shape index (κ3) is 4.39. The summed E-state index contributed by atoms with van der Waals surface area (Å²) in [5, 5.41) is 12.8. The molecule has 2 aromatic rings. The lowest BCUT2D eigenvalue weighted by Gasteiger charge is -2.16. The van der Waals surface area contributed by atoms with Crippen LogP contribution >= 0.6 is 23.4 Å². The number of carboxylic acids is 1. The number of aliphatic carboxylic acids is 1. The van der Waals surface area contributed by atoms with Crippen LogP contribution in [0.1, 0.15) is 16.5 Å². The van der Waals surface area contributed by atoms with Crippen molar-refractivity contribution in [3.8, 4) is 11.5 Å². The molecule has 1 aliphatic heterocycles. The molecule has 25 heavy (non-hydrogen) atoms. The van der Waals surface area contributed by atoms with Crippen molar-refractivity contribution in [1.82, 2.24) is 5.32 Å². The van der Waals surface area contributed by atoms with Crippen molar-refractivity contribution >= 4 is 29.3 Å². The van der Waals surface area contributed by atoms with Crippen LogP contribution in [0.4, 0.5) is 0 Å². The molecule has 0 saturated carbocycles. The van der Waals surface area contributed by atoms with Gasteiger partial charge in [-0.2, -0.15) is 0 Å². The minimum Gasteiger partial charge on any atom is -0.496 e. The maximum Gasteiger partial charge on any atom is 0.321 e. The summed E-state index contributed by atoms with van der Waals surface area (Å²) in [5.74, 6) is 1.12. The minimum atomic E-state index is -0.826. The summed E-state index contributed by atoms with van der Waals surface area (Å²) >= 11 is 7.55. The molecule has 0 bridgehead atoms. The number of hydrogen-bond acceptors (Lipinski definition) is 5. The van der Waals surface area contributed by atoms with Crippen LogP contribution in [-0.4, -0.2) is 30.0 Å². The third-order valence-corrected chi connectivity index (χ3v) is 5.38. The zero-order chi connectivity index (χ0) is 17.8. The lowest BCUT2D eigenvalue weighted by atomic mass is 10.1. The summed E-state index contributed by atoms with van der Waals surface area (Å²) in [6.07, 6.45) is 0. The summed E-state index contributed by atoms with van der Waals surface area (Å²) in [7, 11) is 1.61. The van der Waals surface area contributed by atoms with E-state index in [-0.39, 0.29) is 5.37 Å². The smallest absolute Gasteiger partial charge is 0.321 e. The van der Waals surface area contributed by atoms with Crippen LogP contribution in [0.15, 0.2) is 42.5 Å². The highest BCUT2D eigenvalue weighted by molar-refractivity contribution is 7.99. The van der Waals surface area contributed by atoms with Crippen LogP contribution in [0.25, 0.3) is 0 Å². The topological polar surface area (TPSA) is 67.8 Å². The Morgan fingerprint density at radius 1 is 1.36 bits per heavy atom. The maximum absolute atomic E-state index is 11.1. The molecule has 3 rings (SSSR count). The molecule has 1 aliphatic rings. The molecule has 1 fully saturated rings. The Balaban J connectivity index is 1.75. The van der Waals surface area contributed by atoms with Gasteiger partial charge in [0, 0.05) is 16.3 Å². The van der Waals surface area contributed by atoms with Crippen LogP contribution in [-0.2, 0) is 11.4 Å². The average molecular weight is 380 g/mol. The van der Waals surface area contributed by atoms with Crippen LogP contribution in [0.5, 0.6) is 11.5 Å². The SMILES string of the molecule is COc1ccc([C@@H]2N[C@@H](C(=O)O)CS2)cc1COc1cccc(Cl)c1. The largest absolute Gasteiger partial charge is 0.496 e.